The molecule has 1 heterocycles. The Morgan fingerprint density at radius 3 is 2.50 bits per heavy atom. The van der Waals surface area contributed by atoms with Crippen molar-refractivity contribution in [2.45, 2.75) is 45.6 Å². The minimum atomic E-state index is -0.573. The molecule has 1 aliphatic heterocycles. The van der Waals surface area contributed by atoms with Crippen molar-refractivity contribution in [1.29, 1.82) is 5.26 Å². The van der Waals surface area contributed by atoms with E-state index in [1.54, 1.807) is 24.3 Å². The van der Waals surface area contributed by atoms with Gasteiger partial charge in [0.1, 0.15) is 24.0 Å². The second-order valence-electron chi connectivity index (χ2n) is 9.67. The summed E-state index contributed by atoms with van der Waals surface area (Å²) in [5.74, 6) is -0.0000169. The molecule has 2 N–H and O–H groups in total. The molecule has 2 aliphatic rings. The number of nitriles is 1. The van der Waals surface area contributed by atoms with Crippen molar-refractivity contribution in [3.63, 3.8) is 0 Å². The number of carbonyl (C=O) groups excluding carboxylic acids is 1. The number of hydrogen-bond acceptors (Lipinski definition) is 5. The molecule has 0 bridgehead atoms. The molecular formula is C31H27ClFN3O2. The number of hydrogen-bond donors (Lipinski definition) is 1. The fraction of sp³-hybridized carbons (Fsp3) is 0.226. The number of carbonyl (C=O) groups is 1. The molecule has 0 radical (unpaired) electrons. The summed E-state index contributed by atoms with van der Waals surface area (Å²) < 4.78 is 19.3. The van der Waals surface area contributed by atoms with Crippen molar-refractivity contribution in [1.82, 2.24) is 0 Å². The molecule has 7 heteroatoms. The third-order valence-corrected chi connectivity index (χ3v) is 7.47. The minimum Gasteiger partial charge on any atom is -0.489 e. The molecule has 1 unspecified atom stereocenters. The molecule has 0 fully saturated rings. The van der Waals surface area contributed by atoms with Crippen molar-refractivity contribution in [2.75, 3.05) is 4.90 Å². The molecule has 38 heavy (non-hydrogen) atoms. The zero-order valence-electron chi connectivity index (χ0n) is 21.2. The average molecular weight is 528 g/mol. The van der Waals surface area contributed by atoms with Crippen LogP contribution >= 0.6 is 11.6 Å². The highest BCUT2D eigenvalue weighted by Gasteiger charge is 2.41. The molecule has 0 aromatic heterocycles. The molecular weight excluding hydrogens is 501 g/mol. The molecule has 1 atom stereocenters. The summed E-state index contributed by atoms with van der Waals surface area (Å²) in [7, 11) is 0. The number of Topliss-reactive ketones (excluding diaryl/α,β-unsaturated/α-hetero) is 1. The van der Waals surface area contributed by atoms with Crippen LogP contribution in [0.25, 0.3) is 0 Å². The van der Waals surface area contributed by atoms with Crippen LogP contribution in [0.5, 0.6) is 5.75 Å². The van der Waals surface area contributed by atoms with E-state index in [-0.39, 0.29) is 18.2 Å². The normalized spacial score (nSPS) is 17.4. The zero-order chi connectivity index (χ0) is 27.0. The Balaban J connectivity index is 1.62. The summed E-state index contributed by atoms with van der Waals surface area (Å²) >= 11 is 6.12. The van der Waals surface area contributed by atoms with E-state index in [4.69, 9.17) is 22.1 Å². The lowest BCUT2D eigenvalue weighted by atomic mass is 9.73. The first-order chi connectivity index (χ1) is 18.3. The van der Waals surface area contributed by atoms with E-state index in [2.05, 4.69) is 6.07 Å². The Bertz CT molecular complexity index is 1520. The van der Waals surface area contributed by atoms with Crippen LogP contribution in [0, 0.1) is 31.0 Å². The molecule has 0 saturated heterocycles. The number of nitrogens with zero attached hydrogens (tertiary/aromatic N) is 2. The maximum atomic E-state index is 13.5. The quantitative estimate of drug-likeness (QED) is 0.387. The summed E-state index contributed by atoms with van der Waals surface area (Å²) in [5.41, 5.74) is 12.9. The highest BCUT2D eigenvalue weighted by molar-refractivity contribution is 6.30. The van der Waals surface area contributed by atoms with E-state index in [0.29, 0.717) is 47.0 Å². The molecule has 1 aliphatic carbocycles. The highest BCUT2D eigenvalue weighted by atomic mass is 35.5. The molecule has 192 valence electrons. The second kappa shape index (κ2) is 10.4. The van der Waals surface area contributed by atoms with Gasteiger partial charge in [0, 0.05) is 28.4 Å². The number of nitrogens with two attached hydrogens (primary N) is 1. The van der Waals surface area contributed by atoms with Gasteiger partial charge in [-0.1, -0.05) is 29.3 Å². The van der Waals surface area contributed by atoms with E-state index >= 15 is 0 Å². The molecule has 0 saturated carbocycles. The zero-order valence-corrected chi connectivity index (χ0v) is 22.0. The van der Waals surface area contributed by atoms with Gasteiger partial charge in [0.25, 0.3) is 0 Å². The first-order valence-corrected chi connectivity index (χ1v) is 12.9. The Morgan fingerprint density at radius 2 is 1.82 bits per heavy atom. The van der Waals surface area contributed by atoms with Crippen LogP contribution < -0.4 is 15.4 Å². The van der Waals surface area contributed by atoms with Crippen molar-refractivity contribution >= 4 is 23.1 Å². The lowest BCUT2D eigenvalue weighted by Gasteiger charge is -2.40. The van der Waals surface area contributed by atoms with Crippen LogP contribution in [0.15, 0.2) is 83.3 Å². The lowest BCUT2D eigenvalue weighted by Crippen LogP contribution is -2.39. The smallest absolute Gasteiger partial charge is 0.161 e. The fourth-order valence-electron chi connectivity index (χ4n) is 5.39. The Morgan fingerprint density at radius 1 is 1.11 bits per heavy atom. The summed E-state index contributed by atoms with van der Waals surface area (Å²) in [6.45, 7) is 4.21. The number of aryl methyl sites for hydroxylation is 1. The molecule has 0 spiro atoms. The number of anilines is 1. The standard InChI is InChI=1S/C31H27ClFN3O2/c1-18-14-20(17-38-24-12-8-22(33)9-13-24)19(2)25(15-18)29-26(16-34)31(35)36(23-10-6-21(32)7-11-23)27-4-3-5-28(37)30(27)29/h6-15,29H,3-5,17,35H2,1-2H3. The lowest BCUT2D eigenvalue weighted by molar-refractivity contribution is -0.116. The van der Waals surface area contributed by atoms with Gasteiger partial charge in [0.05, 0.1) is 17.6 Å². The SMILES string of the molecule is Cc1cc(COc2ccc(F)cc2)c(C)c(C2C(C#N)=C(N)N(c3ccc(Cl)cc3)C3=C2C(=O)CCC3)c1. The van der Waals surface area contributed by atoms with Crippen molar-refractivity contribution < 1.29 is 13.9 Å². The Kier molecular flexibility index (Phi) is 6.96. The maximum absolute atomic E-state index is 13.5. The van der Waals surface area contributed by atoms with Gasteiger partial charge >= 0.3 is 0 Å². The number of halogens is 2. The van der Waals surface area contributed by atoms with Gasteiger partial charge < -0.3 is 10.5 Å². The molecule has 3 aromatic carbocycles. The van der Waals surface area contributed by atoms with Gasteiger partial charge in [-0.05, 0) is 91.9 Å². The number of ketones is 1. The first-order valence-electron chi connectivity index (χ1n) is 12.5. The Hall–Kier alpha value is -4.08. The average Bonchev–Trinajstić information content (AvgIpc) is 2.90. The highest BCUT2D eigenvalue weighted by Crippen LogP contribution is 2.47. The van der Waals surface area contributed by atoms with Gasteiger partial charge in [-0.3, -0.25) is 9.69 Å². The van der Waals surface area contributed by atoms with Gasteiger partial charge in [-0.25, -0.2) is 4.39 Å². The third-order valence-electron chi connectivity index (χ3n) is 7.22. The van der Waals surface area contributed by atoms with Crippen LogP contribution in [-0.2, 0) is 11.4 Å². The summed E-state index contributed by atoms with van der Waals surface area (Å²) in [6, 6.07) is 19.5. The molecule has 5 rings (SSSR count). The molecule has 3 aromatic rings. The summed E-state index contributed by atoms with van der Waals surface area (Å²) in [5, 5.41) is 10.9. The van der Waals surface area contributed by atoms with Gasteiger partial charge in [0.15, 0.2) is 5.78 Å². The number of allylic oxidation sites excluding steroid dienone is 3. The second-order valence-corrected chi connectivity index (χ2v) is 10.1. The largest absolute Gasteiger partial charge is 0.489 e. The van der Waals surface area contributed by atoms with Crippen molar-refractivity contribution in [3.8, 4) is 11.8 Å². The van der Waals surface area contributed by atoms with Crippen LogP contribution in [0.3, 0.4) is 0 Å². The van der Waals surface area contributed by atoms with Gasteiger partial charge in [-0.15, -0.1) is 0 Å². The minimum absolute atomic E-state index is 0.0282. The van der Waals surface area contributed by atoms with E-state index in [0.717, 1.165) is 33.6 Å². The Labute approximate surface area is 226 Å². The number of ether oxygens (including phenoxy) is 1. The van der Waals surface area contributed by atoms with Crippen LogP contribution in [0.4, 0.5) is 10.1 Å². The number of benzene rings is 3. The number of rotatable bonds is 5. The molecule has 0 amide bonds. The van der Waals surface area contributed by atoms with E-state index < -0.39 is 5.92 Å². The first kappa shape index (κ1) is 25.6. The predicted molar refractivity (Wildman–Crippen MR) is 146 cm³/mol. The monoisotopic (exact) mass is 527 g/mol. The van der Waals surface area contributed by atoms with Gasteiger partial charge in [-0.2, -0.15) is 5.26 Å². The van der Waals surface area contributed by atoms with Crippen molar-refractivity contribution in [2.24, 2.45) is 5.73 Å². The molecule has 5 nitrogen and oxygen atoms in total. The topological polar surface area (TPSA) is 79.3 Å². The van der Waals surface area contributed by atoms with E-state index in [9.17, 15) is 14.4 Å². The van der Waals surface area contributed by atoms with E-state index in [1.165, 1.54) is 12.1 Å². The van der Waals surface area contributed by atoms with E-state index in [1.807, 2.05) is 43.0 Å². The maximum Gasteiger partial charge on any atom is 0.161 e. The van der Waals surface area contributed by atoms with Crippen molar-refractivity contribution in [3.05, 3.63) is 116 Å². The fourth-order valence-corrected chi connectivity index (χ4v) is 5.51. The third kappa shape index (κ3) is 4.66. The van der Waals surface area contributed by atoms with Crippen LogP contribution in [-0.4, -0.2) is 5.78 Å². The summed E-state index contributed by atoms with van der Waals surface area (Å²) in [6.07, 6.45) is 1.81. The van der Waals surface area contributed by atoms with Gasteiger partial charge in [0.2, 0.25) is 0 Å². The summed E-state index contributed by atoms with van der Waals surface area (Å²) in [4.78, 5) is 15.3. The predicted octanol–water partition coefficient (Wildman–Crippen LogP) is 6.98. The van der Waals surface area contributed by atoms with Crippen LogP contribution in [0.1, 0.15) is 47.4 Å². The van der Waals surface area contributed by atoms with Crippen LogP contribution in [0.2, 0.25) is 5.02 Å².